The van der Waals surface area contributed by atoms with Crippen LogP contribution in [0.15, 0.2) is 53.4 Å². The maximum absolute atomic E-state index is 13.9. The quantitative estimate of drug-likeness (QED) is 0.601. The largest absolute Gasteiger partial charge is 0.270 e. The lowest BCUT2D eigenvalue weighted by molar-refractivity contribution is -0.113. The van der Waals surface area contributed by atoms with Crippen molar-refractivity contribution in [2.45, 2.75) is 0 Å². The van der Waals surface area contributed by atoms with Crippen molar-refractivity contribution < 1.29 is 13.6 Å². The van der Waals surface area contributed by atoms with Gasteiger partial charge in [-0.15, -0.1) is 0 Å². The highest BCUT2D eigenvalue weighted by molar-refractivity contribution is 8.27. The average molecular weight is 333 g/mol. The van der Waals surface area contributed by atoms with Gasteiger partial charge in [-0.1, -0.05) is 48.2 Å². The highest BCUT2D eigenvalue weighted by atomic mass is 32.2. The number of rotatable bonds is 2. The van der Waals surface area contributed by atoms with Crippen LogP contribution in [0, 0.1) is 11.6 Å². The second-order valence-corrected chi connectivity index (χ2v) is 6.20. The summed E-state index contributed by atoms with van der Waals surface area (Å²) in [5.41, 5.74) is 0.808. The van der Waals surface area contributed by atoms with E-state index in [9.17, 15) is 13.6 Å². The molecule has 0 N–H and O–H groups in total. The number of thioether (sulfide) groups is 1. The van der Waals surface area contributed by atoms with Crippen molar-refractivity contribution in [3.63, 3.8) is 0 Å². The van der Waals surface area contributed by atoms with Crippen LogP contribution in [0.5, 0.6) is 0 Å². The van der Waals surface area contributed by atoms with Gasteiger partial charge in [0.05, 0.1) is 10.6 Å². The Morgan fingerprint density at radius 3 is 2.41 bits per heavy atom. The number of hydrogen-bond donors (Lipinski definition) is 0. The molecular formula is C16H9F2NOS2. The van der Waals surface area contributed by atoms with Crippen LogP contribution in [-0.2, 0) is 4.79 Å². The van der Waals surface area contributed by atoms with Gasteiger partial charge in [-0.25, -0.2) is 8.78 Å². The lowest BCUT2D eigenvalue weighted by Crippen LogP contribution is -2.28. The van der Waals surface area contributed by atoms with E-state index < -0.39 is 5.82 Å². The minimum atomic E-state index is -0.512. The Labute approximate surface area is 135 Å². The fraction of sp³-hybridized carbons (Fsp3) is 0. The maximum atomic E-state index is 13.9. The van der Waals surface area contributed by atoms with E-state index in [0.717, 1.165) is 11.8 Å². The average Bonchev–Trinajstić information content (AvgIpc) is 2.77. The van der Waals surface area contributed by atoms with Crippen molar-refractivity contribution in [3.8, 4) is 0 Å². The molecule has 110 valence electrons. The summed E-state index contributed by atoms with van der Waals surface area (Å²) in [6, 6.07) is 11.7. The summed E-state index contributed by atoms with van der Waals surface area (Å²) in [7, 11) is 0. The summed E-state index contributed by atoms with van der Waals surface area (Å²) in [6.45, 7) is 0. The third kappa shape index (κ3) is 2.80. The first kappa shape index (κ1) is 14.9. The highest BCUT2D eigenvalue weighted by Gasteiger charge is 2.34. The number of amides is 1. The van der Waals surface area contributed by atoms with Crippen molar-refractivity contribution >= 4 is 46.0 Å². The van der Waals surface area contributed by atoms with Gasteiger partial charge >= 0.3 is 0 Å². The van der Waals surface area contributed by atoms with Gasteiger partial charge in [0.25, 0.3) is 5.91 Å². The first-order chi connectivity index (χ1) is 10.6. The summed E-state index contributed by atoms with van der Waals surface area (Å²) in [4.78, 5) is 14.0. The topological polar surface area (TPSA) is 20.3 Å². The molecule has 6 heteroatoms. The summed E-state index contributed by atoms with van der Waals surface area (Å²) < 4.78 is 27.0. The maximum Gasteiger partial charge on any atom is 0.270 e. The zero-order valence-electron chi connectivity index (χ0n) is 11.1. The SMILES string of the molecule is O=C1/C(=C\c2ccc(F)cc2)SC(=S)N1c1ccccc1F. The Balaban J connectivity index is 1.95. The van der Waals surface area contributed by atoms with Crippen molar-refractivity contribution in [3.05, 3.63) is 70.6 Å². The van der Waals surface area contributed by atoms with Gasteiger partial charge in [-0.3, -0.25) is 9.69 Å². The highest BCUT2D eigenvalue weighted by Crippen LogP contribution is 2.36. The Morgan fingerprint density at radius 2 is 1.73 bits per heavy atom. The molecule has 1 aliphatic heterocycles. The van der Waals surface area contributed by atoms with Crippen LogP contribution in [0.3, 0.4) is 0 Å². The van der Waals surface area contributed by atoms with Gasteiger partial charge in [-0.2, -0.15) is 0 Å². The molecule has 0 radical (unpaired) electrons. The van der Waals surface area contributed by atoms with E-state index in [1.165, 1.54) is 29.2 Å². The molecule has 1 aliphatic rings. The number of benzene rings is 2. The van der Waals surface area contributed by atoms with E-state index in [4.69, 9.17) is 12.2 Å². The molecule has 2 nitrogen and oxygen atoms in total. The van der Waals surface area contributed by atoms with Gasteiger partial charge in [0.2, 0.25) is 0 Å². The molecule has 1 saturated heterocycles. The van der Waals surface area contributed by atoms with E-state index in [0.29, 0.717) is 10.5 Å². The van der Waals surface area contributed by atoms with Gasteiger partial charge in [0.15, 0.2) is 4.32 Å². The van der Waals surface area contributed by atoms with Crippen molar-refractivity contribution in [2.24, 2.45) is 0 Å². The molecule has 0 bridgehead atoms. The smallest absolute Gasteiger partial charge is 0.268 e. The Kier molecular flexibility index (Phi) is 4.04. The van der Waals surface area contributed by atoms with Crippen molar-refractivity contribution in [1.29, 1.82) is 0 Å². The summed E-state index contributed by atoms with van der Waals surface area (Å²) >= 11 is 6.27. The Morgan fingerprint density at radius 1 is 1.05 bits per heavy atom. The van der Waals surface area contributed by atoms with Gasteiger partial charge in [0, 0.05) is 0 Å². The Hall–Kier alpha value is -2.05. The molecule has 0 atom stereocenters. The number of carbonyl (C=O) groups is 1. The van der Waals surface area contributed by atoms with Crippen LogP contribution in [0.25, 0.3) is 6.08 Å². The van der Waals surface area contributed by atoms with Crippen LogP contribution in [0.4, 0.5) is 14.5 Å². The fourth-order valence-corrected chi connectivity index (χ4v) is 3.30. The number of hydrogen-bond acceptors (Lipinski definition) is 3. The van der Waals surface area contributed by atoms with E-state index in [1.807, 2.05) is 0 Å². The molecule has 0 aliphatic carbocycles. The van der Waals surface area contributed by atoms with Crippen LogP contribution in [0.1, 0.15) is 5.56 Å². The number of nitrogens with zero attached hydrogens (tertiary/aromatic N) is 1. The van der Waals surface area contributed by atoms with Crippen molar-refractivity contribution in [1.82, 2.24) is 0 Å². The van der Waals surface area contributed by atoms with E-state index in [1.54, 1.807) is 30.3 Å². The van der Waals surface area contributed by atoms with E-state index in [-0.39, 0.29) is 21.7 Å². The number of anilines is 1. The summed E-state index contributed by atoms with van der Waals surface area (Å²) in [6.07, 6.45) is 1.61. The van der Waals surface area contributed by atoms with Crippen LogP contribution in [0.2, 0.25) is 0 Å². The lowest BCUT2D eigenvalue weighted by Gasteiger charge is -2.14. The second-order valence-electron chi connectivity index (χ2n) is 4.52. The van der Waals surface area contributed by atoms with Gasteiger partial charge in [0.1, 0.15) is 11.6 Å². The standard InChI is InChI=1S/C16H9F2NOS2/c17-11-7-5-10(6-8-11)9-14-15(20)19(16(21)22-14)13-4-2-1-3-12(13)18/h1-9H/b14-9+. The molecule has 1 fully saturated rings. The summed E-state index contributed by atoms with van der Waals surface area (Å²) in [5, 5.41) is 0. The molecule has 0 spiro atoms. The van der Waals surface area contributed by atoms with Gasteiger partial charge in [-0.05, 0) is 35.9 Å². The van der Waals surface area contributed by atoms with Crippen LogP contribution < -0.4 is 4.90 Å². The molecule has 1 amide bonds. The number of carbonyl (C=O) groups excluding carboxylic acids is 1. The predicted octanol–water partition coefficient (Wildman–Crippen LogP) is 4.37. The van der Waals surface area contributed by atoms with E-state index in [2.05, 4.69) is 0 Å². The molecule has 22 heavy (non-hydrogen) atoms. The third-order valence-corrected chi connectivity index (χ3v) is 4.36. The third-order valence-electron chi connectivity index (χ3n) is 3.05. The molecule has 1 heterocycles. The second kappa shape index (κ2) is 5.98. The monoisotopic (exact) mass is 333 g/mol. The number of para-hydroxylation sites is 1. The zero-order chi connectivity index (χ0) is 15.7. The molecule has 2 aromatic carbocycles. The van der Waals surface area contributed by atoms with Crippen molar-refractivity contribution in [2.75, 3.05) is 4.90 Å². The number of halogens is 2. The molecule has 2 aromatic rings. The minimum Gasteiger partial charge on any atom is -0.268 e. The summed E-state index contributed by atoms with van der Waals surface area (Å²) in [5.74, 6) is -1.25. The minimum absolute atomic E-state index is 0.132. The number of thiocarbonyl (C=S) groups is 1. The van der Waals surface area contributed by atoms with Crippen LogP contribution in [-0.4, -0.2) is 10.2 Å². The first-order valence-electron chi connectivity index (χ1n) is 6.34. The fourth-order valence-electron chi connectivity index (χ4n) is 2.02. The molecule has 3 rings (SSSR count). The predicted molar refractivity (Wildman–Crippen MR) is 88.5 cm³/mol. The Bertz CT molecular complexity index is 787. The van der Waals surface area contributed by atoms with E-state index >= 15 is 0 Å². The first-order valence-corrected chi connectivity index (χ1v) is 7.57. The molecule has 0 unspecified atom stereocenters. The molecule has 0 aromatic heterocycles. The molecular weight excluding hydrogens is 324 g/mol. The van der Waals surface area contributed by atoms with Gasteiger partial charge < -0.3 is 0 Å². The normalized spacial score (nSPS) is 16.6. The zero-order valence-corrected chi connectivity index (χ0v) is 12.8. The van der Waals surface area contributed by atoms with Crippen LogP contribution >= 0.6 is 24.0 Å². The lowest BCUT2D eigenvalue weighted by atomic mass is 10.2. The molecule has 0 saturated carbocycles.